The van der Waals surface area contributed by atoms with E-state index in [-0.39, 0.29) is 12.4 Å². The maximum Gasteiger partial charge on any atom is 0.129 e. The molecule has 0 atom stereocenters. The molecule has 0 fully saturated rings. The number of ether oxygens (including phenoxy) is 1. The van der Waals surface area contributed by atoms with Gasteiger partial charge in [0.2, 0.25) is 0 Å². The number of halogens is 1. The molecule has 0 saturated heterocycles. The molecule has 0 bridgehead atoms. The summed E-state index contributed by atoms with van der Waals surface area (Å²) in [6, 6.07) is 17.7. The van der Waals surface area contributed by atoms with E-state index in [4.69, 9.17) is 4.74 Å². The molecule has 1 aromatic heterocycles. The van der Waals surface area contributed by atoms with E-state index in [0.717, 1.165) is 24.2 Å². The van der Waals surface area contributed by atoms with Gasteiger partial charge < -0.3 is 9.72 Å². The summed E-state index contributed by atoms with van der Waals surface area (Å²) in [4.78, 5) is 5.94. The summed E-state index contributed by atoms with van der Waals surface area (Å²) in [5, 5.41) is 1.22. The second kappa shape index (κ2) is 9.82. The van der Waals surface area contributed by atoms with Crippen LogP contribution in [0, 0.1) is 0 Å². The lowest BCUT2D eigenvalue weighted by Crippen LogP contribution is -2.38. The van der Waals surface area contributed by atoms with Crippen LogP contribution in [0.5, 0.6) is 5.75 Å². The van der Waals surface area contributed by atoms with Crippen LogP contribution in [0.2, 0.25) is 0 Å². The molecule has 3 nitrogen and oxygen atoms in total. The van der Waals surface area contributed by atoms with Gasteiger partial charge in [-0.05, 0) is 57.4 Å². The maximum atomic E-state index is 6.17. The number of aromatic nitrogens is 1. The molecule has 0 spiro atoms. The lowest BCUT2D eigenvalue weighted by Gasteiger charge is -2.30. The smallest absolute Gasteiger partial charge is 0.129 e. The summed E-state index contributed by atoms with van der Waals surface area (Å²) in [6.07, 6.45) is 3.15. The number of benzene rings is 2. The summed E-state index contributed by atoms with van der Waals surface area (Å²) in [6.45, 7) is 10.7. The van der Waals surface area contributed by atoms with Gasteiger partial charge in [0.25, 0.3) is 0 Å². The summed E-state index contributed by atoms with van der Waals surface area (Å²) in [5.74, 6) is 0.961. The first kappa shape index (κ1) is 21.3. The lowest BCUT2D eigenvalue weighted by atomic mass is 10.1. The number of hydrogen-bond acceptors (Lipinski definition) is 2. The topological polar surface area (TPSA) is 28.3 Å². The highest BCUT2D eigenvalue weighted by atomic mass is 35.5. The van der Waals surface area contributed by atoms with Crippen molar-refractivity contribution in [1.29, 1.82) is 0 Å². The van der Waals surface area contributed by atoms with Gasteiger partial charge in [-0.2, -0.15) is 0 Å². The molecule has 0 aliphatic heterocycles. The summed E-state index contributed by atoms with van der Waals surface area (Å²) in [7, 11) is 0. The van der Waals surface area contributed by atoms with Gasteiger partial charge in [0.1, 0.15) is 12.4 Å². The average Bonchev–Trinajstić information content (AvgIpc) is 3.04. The third kappa shape index (κ3) is 5.27. The van der Waals surface area contributed by atoms with Crippen LogP contribution in [-0.4, -0.2) is 28.5 Å². The molecule has 0 radical (unpaired) electrons. The van der Waals surface area contributed by atoms with Gasteiger partial charge >= 0.3 is 0 Å². The normalized spacial score (nSPS) is 11.4. The molecule has 0 amide bonds. The Kier molecular flexibility index (Phi) is 7.76. The van der Waals surface area contributed by atoms with E-state index in [1.54, 1.807) is 0 Å². The van der Waals surface area contributed by atoms with E-state index in [1.165, 1.54) is 16.5 Å². The zero-order valence-electron chi connectivity index (χ0n) is 16.7. The van der Waals surface area contributed by atoms with Crippen LogP contribution in [0.1, 0.15) is 38.8 Å². The molecule has 4 heteroatoms. The second-order valence-corrected chi connectivity index (χ2v) is 7.44. The van der Waals surface area contributed by atoms with Crippen LogP contribution in [0.4, 0.5) is 0 Å². The second-order valence-electron chi connectivity index (χ2n) is 7.44. The minimum atomic E-state index is 0. The fourth-order valence-electron chi connectivity index (χ4n) is 3.63. The molecular formula is C23H31ClN2O. The molecule has 3 rings (SSSR count). The van der Waals surface area contributed by atoms with Crippen molar-refractivity contribution in [2.75, 3.05) is 6.54 Å². The van der Waals surface area contributed by atoms with Crippen molar-refractivity contribution in [1.82, 2.24) is 9.88 Å². The molecule has 27 heavy (non-hydrogen) atoms. The molecule has 2 aromatic carbocycles. The first-order valence-corrected chi connectivity index (χ1v) is 9.57. The summed E-state index contributed by atoms with van der Waals surface area (Å²) in [5.41, 5.74) is 3.66. The van der Waals surface area contributed by atoms with Crippen LogP contribution in [-0.2, 0) is 13.0 Å². The Morgan fingerprint density at radius 3 is 2.30 bits per heavy atom. The quantitative estimate of drug-likeness (QED) is 0.527. The number of fused-ring (bicyclic) bond motifs is 1. The van der Waals surface area contributed by atoms with Crippen LogP contribution in [0.25, 0.3) is 10.9 Å². The zero-order valence-corrected chi connectivity index (χ0v) is 17.6. The number of H-pyrrole nitrogens is 1. The third-order valence-electron chi connectivity index (χ3n) is 4.95. The summed E-state index contributed by atoms with van der Waals surface area (Å²) < 4.78 is 6.17. The highest BCUT2D eigenvalue weighted by Gasteiger charge is 2.15. The van der Waals surface area contributed by atoms with Crippen molar-refractivity contribution in [3.05, 3.63) is 65.9 Å². The van der Waals surface area contributed by atoms with Crippen molar-refractivity contribution in [2.24, 2.45) is 0 Å². The van der Waals surface area contributed by atoms with Gasteiger partial charge in [-0.25, -0.2) is 0 Å². The first-order chi connectivity index (χ1) is 12.6. The Balaban J connectivity index is 0.00000261. The first-order valence-electron chi connectivity index (χ1n) is 9.57. The number of nitrogens with zero attached hydrogens (tertiary/aromatic N) is 1. The standard InChI is InChI=1S/C23H30N2O.ClH/c1-17(2)25(18(3)4)14-13-20-15-24-21-11-8-12-22(23(20)21)26-16-19-9-6-5-7-10-19;/h5-12,15,17-18,24H,13-14,16H2,1-4H3;1H. The zero-order chi connectivity index (χ0) is 18.5. The van der Waals surface area contributed by atoms with Crippen molar-refractivity contribution in [3.63, 3.8) is 0 Å². The SMILES string of the molecule is CC(C)N(CCc1c[nH]c2cccc(OCc3ccccc3)c12)C(C)C.Cl. The van der Waals surface area contributed by atoms with E-state index >= 15 is 0 Å². The van der Waals surface area contributed by atoms with Crippen molar-refractivity contribution in [3.8, 4) is 5.75 Å². The van der Waals surface area contributed by atoms with Crippen molar-refractivity contribution >= 4 is 23.3 Å². The van der Waals surface area contributed by atoms with Crippen LogP contribution < -0.4 is 4.74 Å². The van der Waals surface area contributed by atoms with Gasteiger partial charge in [0, 0.05) is 35.7 Å². The van der Waals surface area contributed by atoms with E-state index in [2.05, 4.69) is 74.1 Å². The molecule has 0 unspecified atom stereocenters. The lowest BCUT2D eigenvalue weighted by molar-refractivity contribution is 0.177. The minimum Gasteiger partial charge on any atom is -0.488 e. The van der Waals surface area contributed by atoms with E-state index in [9.17, 15) is 0 Å². The molecule has 0 aliphatic rings. The molecule has 3 aromatic rings. The maximum absolute atomic E-state index is 6.17. The molecule has 146 valence electrons. The average molecular weight is 387 g/mol. The monoisotopic (exact) mass is 386 g/mol. The highest BCUT2D eigenvalue weighted by Crippen LogP contribution is 2.30. The van der Waals surface area contributed by atoms with Gasteiger partial charge in [-0.1, -0.05) is 36.4 Å². The molecular weight excluding hydrogens is 356 g/mol. The fourth-order valence-corrected chi connectivity index (χ4v) is 3.63. The summed E-state index contributed by atoms with van der Waals surface area (Å²) >= 11 is 0. The molecule has 1 N–H and O–H groups in total. The fraction of sp³-hybridized carbons (Fsp3) is 0.391. The number of nitrogens with one attached hydrogen (secondary N) is 1. The minimum absolute atomic E-state index is 0. The highest BCUT2D eigenvalue weighted by molar-refractivity contribution is 5.89. The van der Waals surface area contributed by atoms with Gasteiger partial charge in [-0.15, -0.1) is 12.4 Å². The van der Waals surface area contributed by atoms with Crippen molar-refractivity contribution < 1.29 is 4.74 Å². The number of aromatic amines is 1. The predicted molar refractivity (Wildman–Crippen MR) is 117 cm³/mol. The van der Waals surface area contributed by atoms with E-state index in [1.807, 2.05) is 18.2 Å². The Bertz CT molecular complexity index is 819. The molecule has 0 aliphatic carbocycles. The van der Waals surface area contributed by atoms with Crippen LogP contribution in [0.3, 0.4) is 0 Å². The van der Waals surface area contributed by atoms with Gasteiger partial charge in [-0.3, -0.25) is 4.90 Å². The van der Waals surface area contributed by atoms with Crippen LogP contribution in [0.15, 0.2) is 54.7 Å². The van der Waals surface area contributed by atoms with E-state index in [0.29, 0.717) is 18.7 Å². The van der Waals surface area contributed by atoms with Gasteiger partial charge in [0.05, 0.1) is 0 Å². The number of hydrogen-bond donors (Lipinski definition) is 1. The molecule has 0 saturated carbocycles. The Hall–Kier alpha value is -1.97. The van der Waals surface area contributed by atoms with E-state index < -0.39 is 0 Å². The van der Waals surface area contributed by atoms with Crippen molar-refractivity contribution in [2.45, 2.75) is 52.8 Å². The number of rotatable bonds is 8. The van der Waals surface area contributed by atoms with Gasteiger partial charge in [0.15, 0.2) is 0 Å². The largest absolute Gasteiger partial charge is 0.488 e. The Labute approximate surface area is 169 Å². The van der Waals surface area contributed by atoms with Crippen LogP contribution >= 0.6 is 12.4 Å². The Morgan fingerprint density at radius 1 is 0.926 bits per heavy atom. The predicted octanol–water partition coefficient (Wildman–Crippen LogP) is 5.83. The third-order valence-corrected chi connectivity index (χ3v) is 4.95. The Morgan fingerprint density at radius 2 is 1.63 bits per heavy atom. The molecule has 1 heterocycles.